The Morgan fingerprint density at radius 2 is 2.09 bits per heavy atom. The Kier molecular flexibility index (Phi) is 8.74. The van der Waals surface area contributed by atoms with Crippen molar-refractivity contribution in [2.45, 2.75) is 44.8 Å². The molecule has 6 heteroatoms. The molecule has 2 aliphatic rings. The van der Waals surface area contributed by atoms with Gasteiger partial charge in [0.2, 0.25) is 5.91 Å². The maximum atomic E-state index is 12.9. The molecule has 3 atom stereocenters. The van der Waals surface area contributed by atoms with Crippen molar-refractivity contribution in [1.82, 2.24) is 15.1 Å². The van der Waals surface area contributed by atoms with Gasteiger partial charge in [0, 0.05) is 50.6 Å². The standard InChI is InChI=1S/C26H37N3O2S/c1-31-13-12-29(20-24-9-6-14-32-24)26(30)11-5-10-25-23-15-22(16-27-25)18-28(19-23)17-21-7-3-2-4-8-21/h2-4,6-9,14,22-23,25,27H,5,10-13,15-20H2,1H3/t22-,23+,25+/m0/s1. The van der Waals surface area contributed by atoms with Crippen LogP contribution in [0, 0.1) is 11.8 Å². The molecule has 0 saturated carbocycles. The lowest BCUT2D eigenvalue weighted by molar-refractivity contribution is -0.132. The Morgan fingerprint density at radius 3 is 2.88 bits per heavy atom. The number of benzene rings is 1. The molecule has 3 heterocycles. The smallest absolute Gasteiger partial charge is 0.222 e. The van der Waals surface area contributed by atoms with E-state index < -0.39 is 0 Å². The summed E-state index contributed by atoms with van der Waals surface area (Å²) in [7, 11) is 1.70. The average molecular weight is 456 g/mol. The molecule has 32 heavy (non-hydrogen) atoms. The van der Waals surface area contributed by atoms with E-state index in [1.54, 1.807) is 18.4 Å². The second-order valence-electron chi connectivity index (χ2n) is 9.34. The number of hydrogen-bond acceptors (Lipinski definition) is 5. The number of ether oxygens (including phenoxy) is 1. The topological polar surface area (TPSA) is 44.8 Å². The molecule has 5 nitrogen and oxygen atoms in total. The fourth-order valence-corrected chi connectivity index (χ4v) is 6.02. The number of nitrogens with zero attached hydrogens (tertiary/aromatic N) is 2. The molecule has 0 unspecified atom stereocenters. The number of piperidine rings is 2. The van der Waals surface area contributed by atoms with Gasteiger partial charge in [-0.1, -0.05) is 36.4 Å². The van der Waals surface area contributed by atoms with Gasteiger partial charge in [-0.25, -0.2) is 0 Å². The third-order valence-corrected chi connectivity index (χ3v) is 7.74. The van der Waals surface area contributed by atoms with Crippen LogP contribution in [0.2, 0.25) is 0 Å². The van der Waals surface area contributed by atoms with Crippen LogP contribution in [0.15, 0.2) is 47.8 Å². The lowest BCUT2D eigenvalue weighted by Gasteiger charge is -2.46. The Morgan fingerprint density at radius 1 is 1.22 bits per heavy atom. The van der Waals surface area contributed by atoms with Gasteiger partial charge in [-0.3, -0.25) is 9.69 Å². The fourth-order valence-electron chi connectivity index (χ4n) is 5.30. The highest BCUT2D eigenvalue weighted by molar-refractivity contribution is 7.09. The summed E-state index contributed by atoms with van der Waals surface area (Å²) < 4.78 is 5.23. The zero-order chi connectivity index (χ0) is 22.2. The molecule has 1 N–H and O–H groups in total. The Bertz CT molecular complexity index is 814. The second-order valence-corrected chi connectivity index (χ2v) is 10.4. The Balaban J connectivity index is 1.25. The van der Waals surface area contributed by atoms with Crippen LogP contribution in [0.3, 0.4) is 0 Å². The van der Waals surface area contributed by atoms with E-state index in [1.165, 1.54) is 23.4 Å². The van der Waals surface area contributed by atoms with Gasteiger partial charge in [-0.2, -0.15) is 0 Å². The lowest BCUT2D eigenvalue weighted by atomic mass is 9.79. The zero-order valence-corrected chi connectivity index (χ0v) is 20.1. The number of amides is 1. The van der Waals surface area contributed by atoms with Gasteiger partial charge in [0.1, 0.15) is 0 Å². The number of likely N-dealkylation sites (tertiary alicyclic amines) is 1. The quantitative estimate of drug-likeness (QED) is 0.556. The number of hydrogen-bond donors (Lipinski definition) is 1. The van der Waals surface area contributed by atoms with Crippen LogP contribution in [0.5, 0.6) is 0 Å². The number of fused-ring (bicyclic) bond motifs is 2. The molecule has 2 bridgehead atoms. The predicted molar refractivity (Wildman–Crippen MR) is 131 cm³/mol. The van der Waals surface area contributed by atoms with Gasteiger partial charge in [-0.05, 0) is 54.7 Å². The third-order valence-electron chi connectivity index (χ3n) is 6.88. The highest BCUT2D eigenvalue weighted by atomic mass is 32.1. The van der Waals surface area contributed by atoms with Crippen molar-refractivity contribution in [2.24, 2.45) is 11.8 Å². The van der Waals surface area contributed by atoms with Crippen LogP contribution in [0.25, 0.3) is 0 Å². The molecule has 2 aliphatic heterocycles. The predicted octanol–water partition coefficient (Wildman–Crippen LogP) is 4.00. The van der Waals surface area contributed by atoms with Crippen LogP contribution in [-0.4, -0.2) is 61.6 Å². The normalized spacial score (nSPS) is 23.2. The van der Waals surface area contributed by atoms with Crippen molar-refractivity contribution in [3.63, 3.8) is 0 Å². The van der Waals surface area contributed by atoms with Crippen LogP contribution < -0.4 is 5.32 Å². The summed E-state index contributed by atoms with van der Waals surface area (Å²) in [6, 6.07) is 15.5. The molecule has 2 fully saturated rings. The summed E-state index contributed by atoms with van der Waals surface area (Å²) in [6.07, 6.45) is 3.98. The zero-order valence-electron chi connectivity index (χ0n) is 19.2. The summed E-state index contributed by atoms with van der Waals surface area (Å²) in [4.78, 5) is 18.8. The average Bonchev–Trinajstić information content (AvgIpc) is 3.32. The SMILES string of the molecule is COCCN(Cc1cccs1)C(=O)CCC[C@H]1NC[C@@H]2C[C@@H]1CN(Cc1ccccc1)C2. The Labute approximate surface area is 196 Å². The molecule has 4 rings (SSSR count). The van der Waals surface area contributed by atoms with Gasteiger partial charge >= 0.3 is 0 Å². The number of nitrogens with one attached hydrogen (secondary N) is 1. The van der Waals surface area contributed by atoms with Crippen LogP contribution in [-0.2, 0) is 22.6 Å². The molecule has 1 aromatic heterocycles. The van der Waals surface area contributed by atoms with Gasteiger partial charge in [0.15, 0.2) is 0 Å². The number of thiophene rings is 1. The fraction of sp³-hybridized carbons (Fsp3) is 0.577. The molecule has 2 saturated heterocycles. The minimum atomic E-state index is 0.249. The number of methoxy groups -OCH3 is 1. The van der Waals surface area contributed by atoms with E-state index >= 15 is 0 Å². The number of carbonyl (C=O) groups excluding carboxylic acids is 1. The van der Waals surface area contributed by atoms with Gasteiger partial charge in [-0.15, -0.1) is 11.3 Å². The van der Waals surface area contributed by atoms with Crippen LogP contribution in [0.1, 0.15) is 36.1 Å². The van der Waals surface area contributed by atoms with Gasteiger partial charge < -0.3 is 15.0 Å². The first-order valence-corrected chi connectivity index (χ1v) is 12.9. The molecule has 2 aromatic rings. The van der Waals surface area contributed by atoms with E-state index in [0.717, 1.165) is 38.4 Å². The molecule has 1 amide bonds. The monoisotopic (exact) mass is 455 g/mol. The summed E-state index contributed by atoms with van der Waals surface area (Å²) in [6.45, 7) is 6.46. The third kappa shape index (κ3) is 6.64. The first-order chi connectivity index (χ1) is 15.7. The maximum absolute atomic E-state index is 12.9. The summed E-state index contributed by atoms with van der Waals surface area (Å²) in [5.41, 5.74) is 1.41. The molecule has 0 radical (unpaired) electrons. The first kappa shape index (κ1) is 23.4. The summed E-state index contributed by atoms with van der Waals surface area (Å²) in [5, 5.41) is 5.88. The van der Waals surface area contributed by atoms with Crippen molar-refractivity contribution in [3.8, 4) is 0 Å². The molecule has 1 aromatic carbocycles. The van der Waals surface area contributed by atoms with Crippen LogP contribution in [0.4, 0.5) is 0 Å². The van der Waals surface area contributed by atoms with Crippen molar-refractivity contribution in [1.29, 1.82) is 0 Å². The van der Waals surface area contributed by atoms with E-state index in [0.29, 0.717) is 38.1 Å². The van der Waals surface area contributed by atoms with Gasteiger partial charge in [0.05, 0.1) is 13.2 Å². The van der Waals surface area contributed by atoms with Gasteiger partial charge in [0.25, 0.3) is 0 Å². The number of carbonyl (C=O) groups is 1. The summed E-state index contributed by atoms with van der Waals surface area (Å²) in [5.74, 6) is 1.70. The van der Waals surface area contributed by atoms with E-state index in [1.807, 2.05) is 11.0 Å². The van der Waals surface area contributed by atoms with Crippen molar-refractivity contribution in [3.05, 3.63) is 58.3 Å². The molecular formula is C26H37N3O2S. The van der Waals surface area contributed by atoms with E-state index in [2.05, 4.69) is 52.0 Å². The minimum absolute atomic E-state index is 0.249. The second kappa shape index (κ2) is 11.9. The molecule has 0 aliphatic carbocycles. The molecule has 174 valence electrons. The minimum Gasteiger partial charge on any atom is -0.383 e. The van der Waals surface area contributed by atoms with Crippen LogP contribution >= 0.6 is 11.3 Å². The Hall–Kier alpha value is -1.73. The van der Waals surface area contributed by atoms with Crippen molar-refractivity contribution in [2.75, 3.05) is 39.9 Å². The maximum Gasteiger partial charge on any atom is 0.222 e. The number of rotatable bonds is 11. The highest BCUT2D eigenvalue weighted by Crippen LogP contribution is 2.31. The molecular weight excluding hydrogens is 418 g/mol. The van der Waals surface area contributed by atoms with Crippen molar-refractivity contribution >= 4 is 17.2 Å². The highest BCUT2D eigenvalue weighted by Gasteiger charge is 2.36. The van der Waals surface area contributed by atoms with E-state index in [4.69, 9.17) is 4.74 Å². The van der Waals surface area contributed by atoms with E-state index in [9.17, 15) is 4.79 Å². The molecule has 0 spiro atoms. The largest absolute Gasteiger partial charge is 0.383 e. The lowest BCUT2D eigenvalue weighted by Crippen LogP contribution is -2.55. The van der Waals surface area contributed by atoms with E-state index in [-0.39, 0.29) is 5.91 Å². The van der Waals surface area contributed by atoms with Crippen molar-refractivity contribution < 1.29 is 9.53 Å². The first-order valence-electron chi connectivity index (χ1n) is 12.0. The summed E-state index contributed by atoms with van der Waals surface area (Å²) >= 11 is 1.71.